The van der Waals surface area contributed by atoms with E-state index in [1.54, 1.807) is 13.8 Å². The first-order chi connectivity index (χ1) is 4.09. The van der Waals surface area contributed by atoms with Crippen molar-refractivity contribution in [1.29, 1.82) is 0 Å². The van der Waals surface area contributed by atoms with Crippen LogP contribution in [0, 0.1) is 5.92 Å². The number of carbonyl (C=O) groups excluding carboxylic acids is 1. The summed E-state index contributed by atoms with van der Waals surface area (Å²) in [4.78, 5) is 20.4. The van der Waals surface area contributed by atoms with Gasteiger partial charge in [-0.25, -0.2) is 4.79 Å². The van der Waals surface area contributed by atoms with Crippen LogP contribution in [0.15, 0.2) is 0 Å². The molecule has 0 saturated carbocycles. The minimum absolute atomic E-state index is 0. The van der Waals surface area contributed by atoms with Crippen molar-refractivity contribution >= 4 is 41.3 Å². The summed E-state index contributed by atoms with van der Waals surface area (Å²) in [5, 5.41) is 8.13. The molecule has 0 aliphatic carbocycles. The molecule has 10 heavy (non-hydrogen) atoms. The topological polar surface area (TPSA) is 54.4 Å². The third-order valence-electron chi connectivity index (χ3n) is 1.27. The van der Waals surface area contributed by atoms with Gasteiger partial charge in [-0.1, -0.05) is 13.8 Å². The maximum absolute atomic E-state index is 10.5. The van der Waals surface area contributed by atoms with Crippen LogP contribution < -0.4 is 0 Å². The summed E-state index contributed by atoms with van der Waals surface area (Å²) in [6.45, 7) is 3.39. The molecule has 0 rings (SSSR count). The molecule has 0 spiro atoms. The first-order valence-corrected chi connectivity index (χ1v) is 2.86. The predicted molar refractivity (Wildman–Crippen MR) is 37.9 cm³/mol. The first-order valence-electron chi connectivity index (χ1n) is 2.86. The monoisotopic (exact) mass is 153 g/mol. The molecular weight excluding hydrogens is 143 g/mol. The van der Waals surface area contributed by atoms with E-state index in [4.69, 9.17) is 5.11 Å². The maximum atomic E-state index is 10.5. The van der Waals surface area contributed by atoms with Gasteiger partial charge in [0.15, 0.2) is 0 Å². The summed E-state index contributed by atoms with van der Waals surface area (Å²) in [5.41, 5.74) is 0. The fourth-order valence-corrected chi connectivity index (χ4v) is 0.396. The molecule has 0 bridgehead atoms. The van der Waals surface area contributed by atoms with Crippen LogP contribution in [0.4, 0.5) is 0 Å². The maximum Gasteiger partial charge on any atom is 0.372 e. The summed E-state index contributed by atoms with van der Waals surface area (Å²) in [5.74, 6) is -2.37. The second-order valence-electron chi connectivity index (χ2n) is 1.98. The van der Waals surface area contributed by atoms with Crippen molar-refractivity contribution in [1.82, 2.24) is 0 Å². The molecule has 0 aromatic heterocycles. The Kier molecular flexibility index (Phi) is 7.53. The predicted octanol–water partition coefficient (Wildman–Crippen LogP) is 0.305. The number of ketones is 1. The Morgan fingerprint density at radius 1 is 1.50 bits per heavy atom. The van der Waals surface area contributed by atoms with Crippen molar-refractivity contribution < 1.29 is 14.7 Å². The minimum atomic E-state index is -1.33. The Morgan fingerprint density at radius 2 is 1.90 bits per heavy atom. The van der Waals surface area contributed by atoms with E-state index < -0.39 is 11.8 Å². The van der Waals surface area contributed by atoms with E-state index in [0.29, 0.717) is 6.42 Å². The number of carboxylic acids is 1. The van der Waals surface area contributed by atoms with E-state index in [-0.39, 0.29) is 35.5 Å². The van der Waals surface area contributed by atoms with Crippen LogP contribution in [-0.4, -0.2) is 46.4 Å². The van der Waals surface area contributed by atoms with E-state index in [1.165, 1.54) is 0 Å². The van der Waals surface area contributed by atoms with Crippen molar-refractivity contribution in [3.05, 3.63) is 0 Å². The van der Waals surface area contributed by atoms with Gasteiger partial charge < -0.3 is 5.11 Å². The van der Waals surface area contributed by atoms with E-state index in [2.05, 4.69) is 0 Å². The zero-order chi connectivity index (χ0) is 7.44. The van der Waals surface area contributed by atoms with Crippen LogP contribution >= 0.6 is 0 Å². The summed E-state index contributed by atoms with van der Waals surface area (Å²) in [6, 6.07) is 0. The van der Waals surface area contributed by atoms with Crippen molar-refractivity contribution in [3.63, 3.8) is 0 Å². The Hall–Kier alpha value is 0.140. The van der Waals surface area contributed by atoms with Gasteiger partial charge in [-0.15, -0.1) is 0 Å². The average Bonchev–Trinajstić information content (AvgIpc) is 1.84. The van der Waals surface area contributed by atoms with Gasteiger partial charge in [0, 0.05) is 35.5 Å². The van der Waals surface area contributed by atoms with E-state index in [1.807, 2.05) is 0 Å². The first kappa shape index (κ1) is 12.8. The molecule has 1 unspecified atom stereocenters. The van der Waals surface area contributed by atoms with Gasteiger partial charge in [-0.2, -0.15) is 0 Å². The number of Topliss-reactive ketones (excluding diaryl/α,β-unsaturated/α-hetero) is 1. The van der Waals surface area contributed by atoms with Gasteiger partial charge in [-0.3, -0.25) is 4.79 Å². The molecular formula is C6H10NaO3. The summed E-state index contributed by atoms with van der Waals surface area (Å²) < 4.78 is 0. The second kappa shape index (κ2) is 5.89. The molecule has 1 atom stereocenters. The van der Waals surface area contributed by atoms with Crippen LogP contribution in [-0.2, 0) is 9.59 Å². The van der Waals surface area contributed by atoms with Gasteiger partial charge in [-0.05, 0) is 6.42 Å². The smallest absolute Gasteiger partial charge is 0.372 e. The van der Waals surface area contributed by atoms with Crippen LogP contribution in [0.2, 0.25) is 0 Å². The van der Waals surface area contributed by atoms with Gasteiger partial charge in [0.1, 0.15) is 0 Å². The number of rotatable bonds is 3. The fourth-order valence-electron chi connectivity index (χ4n) is 0.396. The molecule has 0 heterocycles. The summed E-state index contributed by atoms with van der Waals surface area (Å²) in [6.07, 6.45) is 0.588. The Morgan fingerprint density at radius 3 is 2.00 bits per heavy atom. The molecule has 0 saturated heterocycles. The van der Waals surface area contributed by atoms with Crippen LogP contribution in [0.3, 0.4) is 0 Å². The van der Waals surface area contributed by atoms with Crippen LogP contribution in [0.1, 0.15) is 20.3 Å². The van der Waals surface area contributed by atoms with Gasteiger partial charge >= 0.3 is 5.97 Å². The number of aliphatic carboxylic acids is 1. The largest absolute Gasteiger partial charge is 0.475 e. The summed E-state index contributed by atoms with van der Waals surface area (Å²) >= 11 is 0. The van der Waals surface area contributed by atoms with Crippen molar-refractivity contribution in [2.45, 2.75) is 20.3 Å². The number of hydrogen-bond donors (Lipinski definition) is 1. The number of hydrogen-bond acceptors (Lipinski definition) is 2. The third kappa shape index (κ3) is 4.04. The molecule has 0 aliphatic heterocycles. The summed E-state index contributed by atoms with van der Waals surface area (Å²) in [7, 11) is 0. The van der Waals surface area contributed by atoms with Gasteiger partial charge in [0.2, 0.25) is 5.78 Å². The molecule has 3 nitrogen and oxygen atoms in total. The third-order valence-corrected chi connectivity index (χ3v) is 1.27. The van der Waals surface area contributed by atoms with Crippen LogP contribution in [0.5, 0.6) is 0 Å². The molecule has 53 valence electrons. The minimum Gasteiger partial charge on any atom is -0.475 e. The molecule has 1 N–H and O–H groups in total. The standard InChI is InChI=1S/C6H10O3.Na/c1-3-4(2)5(7)6(8)9;/h4H,3H2,1-2H3,(H,8,9);. The zero-order valence-electron chi connectivity index (χ0n) is 6.55. The Labute approximate surface area is 82.1 Å². The molecule has 0 aromatic rings. The van der Waals surface area contributed by atoms with Crippen molar-refractivity contribution in [3.8, 4) is 0 Å². The normalized spacial score (nSPS) is 11.4. The quantitative estimate of drug-likeness (QED) is 0.468. The average molecular weight is 153 g/mol. The van der Waals surface area contributed by atoms with Crippen LogP contribution in [0.25, 0.3) is 0 Å². The van der Waals surface area contributed by atoms with E-state index in [0.717, 1.165) is 0 Å². The molecule has 0 fully saturated rings. The number of carboxylic acid groups (broad SMARTS) is 1. The second-order valence-corrected chi connectivity index (χ2v) is 1.98. The SMILES string of the molecule is CCC(C)C(=O)C(=O)O.[Na]. The van der Waals surface area contributed by atoms with Crippen molar-refractivity contribution in [2.75, 3.05) is 0 Å². The van der Waals surface area contributed by atoms with Gasteiger partial charge in [0.25, 0.3) is 0 Å². The van der Waals surface area contributed by atoms with Crippen molar-refractivity contribution in [2.24, 2.45) is 5.92 Å². The van der Waals surface area contributed by atoms with Gasteiger partial charge in [0.05, 0.1) is 0 Å². The Bertz CT molecular complexity index is 133. The number of carbonyl (C=O) groups is 2. The molecule has 0 aliphatic rings. The molecule has 4 heteroatoms. The molecule has 0 aromatic carbocycles. The molecule has 0 amide bonds. The van der Waals surface area contributed by atoms with E-state index >= 15 is 0 Å². The fraction of sp³-hybridized carbons (Fsp3) is 0.667. The Balaban J connectivity index is 0. The van der Waals surface area contributed by atoms with E-state index in [9.17, 15) is 9.59 Å². The molecule has 1 radical (unpaired) electrons. The zero-order valence-corrected chi connectivity index (χ0v) is 8.55.